The van der Waals surface area contributed by atoms with Crippen molar-refractivity contribution in [2.45, 2.75) is 45.6 Å². The van der Waals surface area contributed by atoms with Gasteiger partial charge in [0.15, 0.2) is 8.32 Å². The molecule has 0 aromatic heterocycles. The molecule has 0 saturated carbocycles. The largest absolute Gasteiger partial charge is 0.415 e. The summed E-state index contributed by atoms with van der Waals surface area (Å²) >= 11 is 0. The summed E-state index contributed by atoms with van der Waals surface area (Å²) in [5.74, 6) is 0. The molecule has 0 saturated heterocycles. The molecule has 0 aliphatic rings. The van der Waals surface area contributed by atoms with Crippen molar-refractivity contribution in [1.82, 2.24) is 0 Å². The van der Waals surface area contributed by atoms with Crippen molar-refractivity contribution < 1.29 is 4.43 Å². The average Bonchev–Trinajstić information content (AvgIpc) is 1.84. The Labute approximate surface area is 74.7 Å². The fraction of sp³-hybridized carbons (Fsp3) is 1.00. The molecule has 0 aliphatic heterocycles. The molecular weight excluding hydrogens is 170 g/mol. The summed E-state index contributed by atoms with van der Waals surface area (Å²) < 4.78 is 5.73. The molecule has 0 aliphatic carbocycles. The molecule has 0 rings (SSSR count). The maximum Gasteiger partial charge on any atom is 0.184 e. The van der Waals surface area contributed by atoms with Gasteiger partial charge in [0.2, 0.25) is 0 Å². The molecule has 0 aromatic rings. The van der Waals surface area contributed by atoms with E-state index in [0.29, 0.717) is 0 Å². The Kier molecular flexibility index (Phi) is 4.30. The zero-order chi connectivity index (χ0) is 9.78. The van der Waals surface area contributed by atoms with Gasteiger partial charge in [-0.05, 0) is 32.1 Å². The molecule has 0 bridgehead atoms. The van der Waals surface area contributed by atoms with Crippen LogP contribution >= 0.6 is 0 Å². The first-order valence-electron chi connectivity index (χ1n) is 4.09. The Morgan fingerprint density at radius 1 is 1.33 bits per heavy atom. The van der Waals surface area contributed by atoms with E-state index in [0.717, 1.165) is 0 Å². The Morgan fingerprint density at radius 2 is 1.83 bits per heavy atom. The van der Waals surface area contributed by atoms with Crippen molar-refractivity contribution in [3.63, 3.8) is 0 Å². The molecule has 0 fully saturated rings. The number of rotatable bonds is 4. The van der Waals surface area contributed by atoms with Crippen LogP contribution in [0.3, 0.4) is 0 Å². The molecule has 0 heterocycles. The van der Waals surface area contributed by atoms with Gasteiger partial charge in [0.25, 0.3) is 0 Å². The lowest BCUT2D eigenvalue weighted by Crippen LogP contribution is -2.35. The minimum absolute atomic E-state index is 0.0209. The lowest BCUT2D eigenvalue weighted by molar-refractivity contribution is 0.189. The van der Waals surface area contributed by atoms with Crippen LogP contribution < -0.4 is 0 Å². The molecule has 0 N–H and O–H groups in total. The quantitative estimate of drug-likeness (QED) is 0.289. The van der Waals surface area contributed by atoms with Gasteiger partial charge in [-0.1, -0.05) is 12.0 Å². The van der Waals surface area contributed by atoms with E-state index in [1.165, 1.54) is 0 Å². The first-order chi connectivity index (χ1) is 5.37. The van der Waals surface area contributed by atoms with Crippen LogP contribution in [0, 0.1) is 0 Å². The fourth-order valence-electron chi connectivity index (χ4n) is 0.831. The van der Waals surface area contributed by atoms with E-state index in [-0.39, 0.29) is 12.1 Å². The monoisotopic (exact) mass is 187 g/mol. The molecule has 0 radical (unpaired) electrons. The Hall–Kier alpha value is -0.513. The normalized spacial score (nSPS) is 16.4. The van der Waals surface area contributed by atoms with E-state index in [2.05, 4.69) is 29.7 Å². The van der Waals surface area contributed by atoms with Gasteiger partial charge < -0.3 is 4.43 Å². The molecule has 5 heteroatoms. The maximum atomic E-state index is 8.20. The van der Waals surface area contributed by atoms with Gasteiger partial charge in [-0.25, -0.2) is 0 Å². The molecule has 0 amide bonds. The Morgan fingerprint density at radius 3 is 2.17 bits per heavy atom. The summed E-state index contributed by atoms with van der Waals surface area (Å²) in [6.45, 7) is 10.2. The third-order valence-electron chi connectivity index (χ3n) is 1.45. The highest BCUT2D eigenvalue weighted by Crippen LogP contribution is 2.11. The van der Waals surface area contributed by atoms with Crippen LogP contribution in [0.25, 0.3) is 10.4 Å². The van der Waals surface area contributed by atoms with Crippen LogP contribution in [0.4, 0.5) is 0 Å². The fourth-order valence-corrected chi connectivity index (χ4v) is 2.14. The van der Waals surface area contributed by atoms with Gasteiger partial charge in [-0.3, -0.25) is 0 Å². The maximum absolute atomic E-state index is 8.20. The van der Waals surface area contributed by atoms with E-state index in [9.17, 15) is 0 Å². The molecule has 0 unspecified atom stereocenters. The SMILES string of the molecule is C[C@@H](N=[N+]=[N-])[C@@H](C)O[Si](C)(C)C. The summed E-state index contributed by atoms with van der Waals surface area (Å²) in [5.41, 5.74) is 8.20. The van der Waals surface area contributed by atoms with E-state index in [1.54, 1.807) is 0 Å². The lowest BCUT2D eigenvalue weighted by Gasteiger charge is -2.25. The standard InChI is InChI=1S/C7H17N3OSi/c1-6(9-10-8)7(2)11-12(3,4)5/h6-7H,1-5H3/t6-,7-/m1/s1. The second-order valence-corrected chi connectivity index (χ2v) is 8.34. The van der Waals surface area contributed by atoms with Crippen LogP contribution in [0.5, 0.6) is 0 Å². The van der Waals surface area contributed by atoms with Crippen molar-refractivity contribution in [2.75, 3.05) is 0 Å². The van der Waals surface area contributed by atoms with Crippen LogP contribution in [-0.2, 0) is 4.43 Å². The van der Waals surface area contributed by atoms with Crippen molar-refractivity contribution in [2.24, 2.45) is 5.11 Å². The number of hydrogen-bond acceptors (Lipinski definition) is 2. The lowest BCUT2D eigenvalue weighted by atomic mass is 10.2. The van der Waals surface area contributed by atoms with Crippen molar-refractivity contribution in [1.29, 1.82) is 0 Å². The third kappa shape index (κ3) is 5.18. The summed E-state index contributed by atoms with van der Waals surface area (Å²) in [4.78, 5) is 2.75. The summed E-state index contributed by atoms with van der Waals surface area (Å²) in [6, 6.07) is -0.0817. The van der Waals surface area contributed by atoms with Gasteiger partial charge in [-0.15, -0.1) is 0 Å². The van der Waals surface area contributed by atoms with Crippen LogP contribution in [0.2, 0.25) is 19.6 Å². The van der Waals surface area contributed by atoms with Crippen molar-refractivity contribution in [3.8, 4) is 0 Å². The minimum atomic E-state index is -1.50. The molecule has 0 spiro atoms. The van der Waals surface area contributed by atoms with E-state index in [1.807, 2.05) is 13.8 Å². The van der Waals surface area contributed by atoms with Crippen LogP contribution in [0.1, 0.15) is 13.8 Å². The Bertz CT molecular complexity index is 184. The first-order valence-corrected chi connectivity index (χ1v) is 7.49. The zero-order valence-corrected chi connectivity index (χ0v) is 9.40. The number of nitrogens with zero attached hydrogens (tertiary/aromatic N) is 3. The molecule has 12 heavy (non-hydrogen) atoms. The van der Waals surface area contributed by atoms with E-state index in [4.69, 9.17) is 9.96 Å². The second-order valence-electron chi connectivity index (χ2n) is 3.88. The van der Waals surface area contributed by atoms with Gasteiger partial charge >= 0.3 is 0 Å². The molecule has 0 aromatic carbocycles. The summed E-state index contributed by atoms with van der Waals surface area (Å²) in [7, 11) is -1.50. The van der Waals surface area contributed by atoms with Gasteiger partial charge in [0.1, 0.15) is 0 Å². The summed E-state index contributed by atoms with van der Waals surface area (Å²) in [6.07, 6.45) is 0.0209. The summed E-state index contributed by atoms with van der Waals surface area (Å²) in [5, 5.41) is 3.59. The van der Waals surface area contributed by atoms with Crippen molar-refractivity contribution >= 4 is 8.32 Å². The van der Waals surface area contributed by atoms with Crippen LogP contribution in [-0.4, -0.2) is 20.5 Å². The third-order valence-corrected chi connectivity index (χ3v) is 2.53. The van der Waals surface area contributed by atoms with Gasteiger partial charge in [0.05, 0.1) is 12.1 Å². The highest BCUT2D eigenvalue weighted by Gasteiger charge is 2.21. The molecule has 4 nitrogen and oxygen atoms in total. The predicted octanol–water partition coefficient (Wildman–Crippen LogP) is 2.93. The van der Waals surface area contributed by atoms with Gasteiger partial charge in [0, 0.05) is 4.91 Å². The first kappa shape index (κ1) is 11.5. The highest BCUT2D eigenvalue weighted by molar-refractivity contribution is 6.69. The van der Waals surface area contributed by atoms with Gasteiger partial charge in [-0.2, -0.15) is 0 Å². The van der Waals surface area contributed by atoms with E-state index >= 15 is 0 Å². The highest BCUT2D eigenvalue weighted by atomic mass is 28.4. The van der Waals surface area contributed by atoms with E-state index < -0.39 is 8.32 Å². The molecule has 2 atom stereocenters. The number of hydrogen-bond donors (Lipinski definition) is 0. The molecular formula is C7H17N3OSi. The second kappa shape index (κ2) is 4.50. The topological polar surface area (TPSA) is 58.0 Å². The zero-order valence-electron chi connectivity index (χ0n) is 8.40. The minimum Gasteiger partial charge on any atom is -0.415 e. The average molecular weight is 187 g/mol. The van der Waals surface area contributed by atoms with Crippen molar-refractivity contribution in [3.05, 3.63) is 10.4 Å². The smallest absolute Gasteiger partial charge is 0.184 e. The number of azide groups is 1. The van der Waals surface area contributed by atoms with Crippen LogP contribution in [0.15, 0.2) is 5.11 Å². The predicted molar refractivity (Wildman–Crippen MR) is 52.5 cm³/mol. The Balaban J connectivity index is 4.03. The molecule has 70 valence electrons.